The lowest BCUT2D eigenvalue weighted by molar-refractivity contribution is -0.219. The summed E-state index contributed by atoms with van der Waals surface area (Å²) in [6.07, 6.45) is 4.72. The fraction of sp³-hybridized carbons (Fsp3) is 0.938. The van der Waals surface area contributed by atoms with Crippen LogP contribution >= 0.6 is 0 Å². The summed E-state index contributed by atoms with van der Waals surface area (Å²) in [5.74, 6) is 0.000768. The van der Waals surface area contributed by atoms with Gasteiger partial charge >= 0.3 is 5.97 Å². The number of hydrogen-bond acceptors (Lipinski definition) is 4. The maximum atomic E-state index is 12.3. The normalized spacial score (nSPS) is 29.8. The van der Waals surface area contributed by atoms with E-state index in [-0.39, 0.29) is 29.5 Å². The Labute approximate surface area is 122 Å². The number of rotatable bonds is 6. The lowest BCUT2D eigenvalue weighted by Crippen LogP contribution is -2.59. The van der Waals surface area contributed by atoms with Gasteiger partial charge in [-0.25, -0.2) is 0 Å². The Morgan fingerprint density at radius 3 is 2.35 bits per heavy atom. The van der Waals surface area contributed by atoms with E-state index in [9.17, 15) is 4.79 Å². The van der Waals surface area contributed by atoms with E-state index in [0.717, 1.165) is 38.7 Å². The number of ether oxygens (including phenoxy) is 3. The summed E-state index contributed by atoms with van der Waals surface area (Å²) >= 11 is 0. The molecule has 1 saturated heterocycles. The molecule has 0 bridgehead atoms. The van der Waals surface area contributed by atoms with E-state index >= 15 is 0 Å². The van der Waals surface area contributed by atoms with E-state index in [0.29, 0.717) is 13.2 Å². The highest BCUT2D eigenvalue weighted by atomic mass is 16.6. The van der Waals surface area contributed by atoms with Gasteiger partial charge in [-0.1, -0.05) is 13.8 Å². The zero-order valence-electron chi connectivity index (χ0n) is 13.0. The molecule has 0 aromatic rings. The molecule has 0 spiro atoms. The van der Waals surface area contributed by atoms with Crippen molar-refractivity contribution in [2.24, 2.45) is 11.3 Å². The van der Waals surface area contributed by atoms with Crippen molar-refractivity contribution >= 4 is 5.97 Å². The Balaban J connectivity index is 1.93. The molecule has 2 aliphatic rings. The predicted molar refractivity (Wildman–Crippen MR) is 76.5 cm³/mol. The van der Waals surface area contributed by atoms with Crippen molar-refractivity contribution in [3.05, 3.63) is 0 Å². The molecular formula is C16H28O4. The average molecular weight is 284 g/mol. The molecule has 116 valence electrons. The standard InChI is InChI=1S/C16H28O4/c1-4-16(5-2)13(19-6-3)11-14(16)20-15(17)12-7-9-18-10-8-12/h12-14H,4-11H2,1-3H3/t13-,14+/m1/s1. The van der Waals surface area contributed by atoms with Gasteiger partial charge in [-0.15, -0.1) is 0 Å². The van der Waals surface area contributed by atoms with E-state index < -0.39 is 0 Å². The lowest BCUT2D eigenvalue weighted by atomic mass is 9.60. The van der Waals surface area contributed by atoms with Crippen molar-refractivity contribution < 1.29 is 19.0 Å². The summed E-state index contributed by atoms with van der Waals surface area (Å²) < 4.78 is 16.9. The molecule has 2 rings (SSSR count). The predicted octanol–water partition coefficient (Wildman–Crippen LogP) is 2.94. The van der Waals surface area contributed by atoms with Crippen LogP contribution < -0.4 is 0 Å². The summed E-state index contributed by atoms with van der Waals surface area (Å²) in [6.45, 7) is 8.45. The highest BCUT2D eigenvalue weighted by molar-refractivity contribution is 5.72. The first-order valence-corrected chi connectivity index (χ1v) is 8.07. The molecule has 1 aliphatic carbocycles. The monoisotopic (exact) mass is 284 g/mol. The van der Waals surface area contributed by atoms with E-state index in [1.807, 2.05) is 6.92 Å². The van der Waals surface area contributed by atoms with Gasteiger partial charge in [0.05, 0.1) is 12.0 Å². The van der Waals surface area contributed by atoms with Crippen LogP contribution in [0.5, 0.6) is 0 Å². The van der Waals surface area contributed by atoms with Crippen molar-refractivity contribution in [2.75, 3.05) is 19.8 Å². The molecule has 1 aliphatic heterocycles. The minimum atomic E-state index is -0.0282. The molecule has 0 aromatic heterocycles. The second-order valence-electron chi connectivity index (χ2n) is 5.93. The highest BCUT2D eigenvalue weighted by Gasteiger charge is 2.55. The number of esters is 1. The molecule has 0 N–H and O–H groups in total. The maximum absolute atomic E-state index is 12.3. The molecular weight excluding hydrogens is 256 g/mol. The molecule has 4 heteroatoms. The molecule has 0 radical (unpaired) electrons. The van der Waals surface area contributed by atoms with Crippen LogP contribution in [-0.2, 0) is 19.0 Å². The van der Waals surface area contributed by atoms with Crippen LogP contribution in [-0.4, -0.2) is 38.0 Å². The first-order valence-electron chi connectivity index (χ1n) is 8.07. The largest absolute Gasteiger partial charge is 0.461 e. The smallest absolute Gasteiger partial charge is 0.309 e. The van der Waals surface area contributed by atoms with Gasteiger partial charge in [-0.3, -0.25) is 4.79 Å². The second-order valence-corrected chi connectivity index (χ2v) is 5.93. The average Bonchev–Trinajstić information content (AvgIpc) is 2.48. The molecule has 20 heavy (non-hydrogen) atoms. The van der Waals surface area contributed by atoms with Gasteiger partial charge in [-0.05, 0) is 32.6 Å². The highest BCUT2D eigenvalue weighted by Crippen LogP contribution is 2.50. The van der Waals surface area contributed by atoms with Gasteiger partial charge in [-0.2, -0.15) is 0 Å². The van der Waals surface area contributed by atoms with Crippen LogP contribution in [0.15, 0.2) is 0 Å². The minimum Gasteiger partial charge on any atom is -0.461 e. The third kappa shape index (κ3) is 2.86. The summed E-state index contributed by atoms with van der Waals surface area (Å²) in [5, 5.41) is 0. The maximum Gasteiger partial charge on any atom is 0.309 e. The van der Waals surface area contributed by atoms with Gasteiger partial charge in [0.15, 0.2) is 0 Å². The van der Waals surface area contributed by atoms with Crippen molar-refractivity contribution in [2.45, 2.75) is 65.1 Å². The number of hydrogen-bond donors (Lipinski definition) is 0. The van der Waals surface area contributed by atoms with Crippen molar-refractivity contribution in [3.63, 3.8) is 0 Å². The SMILES string of the molecule is CCO[C@@H]1C[C@H](OC(=O)C2CCOCC2)C1(CC)CC. The second kappa shape index (κ2) is 6.90. The Morgan fingerprint density at radius 1 is 1.15 bits per heavy atom. The molecule has 1 saturated carbocycles. The Morgan fingerprint density at radius 2 is 1.80 bits per heavy atom. The van der Waals surface area contributed by atoms with Crippen molar-refractivity contribution in [1.82, 2.24) is 0 Å². The van der Waals surface area contributed by atoms with Crippen LogP contribution in [0.4, 0.5) is 0 Å². The molecule has 1 heterocycles. The van der Waals surface area contributed by atoms with Crippen molar-refractivity contribution in [3.8, 4) is 0 Å². The Kier molecular flexibility index (Phi) is 5.44. The van der Waals surface area contributed by atoms with Crippen LogP contribution in [0, 0.1) is 11.3 Å². The van der Waals surface area contributed by atoms with Gasteiger partial charge in [0.25, 0.3) is 0 Å². The molecule has 0 amide bonds. The quantitative estimate of drug-likeness (QED) is 0.703. The third-order valence-electron chi connectivity index (χ3n) is 5.21. The molecule has 2 fully saturated rings. The Hall–Kier alpha value is -0.610. The van der Waals surface area contributed by atoms with E-state index in [4.69, 9.17) is 14.2 Å². The zero-order chi connectivity index (χ0) is 14.6. The van der Waals surface area contributed by atoms with Gasteiger partial charge in [0.1, 0.15) is 6.10 Å². The molecule has 0 unspecified atom stereocenters. The first kappa shape index (κ1) is 15.8. The van der Waals surface area contributed by atoms with E-state index in [1.165, 1.54) is 0 Å². The topological polar surface area (TPSA) is 44.8 Å². The van der Waals surface area contributed by atoms with Crippen LogP contribution in [0.3, 0.4) is 0 Å². The molecule has 4 nitrogen and oxygen atoms in total. The zero-order valence-corrected chi connectivity index (χ0v) is 13.0. The van der Waals surface area contributed by atoms with Crippen molar-refractivity contribution in [1.29, 1.82) is 0 Å². The van der Waals surface area contributed by atoms with E-state index in [2.05, 4.69) is 13.8 Å². The van der Waals surface area contributed by atoms with Gasteiger partial charge in [0.2, 0.25) is 0 Å². The lowest BCUT2D eigenvalue weighted by Gasteiger charge is -2.54. The third-order valence-corrected chi connectivity index (χ3v) is 5.21. The summed E-state index contributed by atoms with van der Waals surface area (Å²) in [4.78, 5) is 12.3. The first-order chi connectivity index (χ1) is 9.67. The fourth-order valence-electron chi connectivity index (χ4n) is 3.64. The number of carbonyl (C=O) groups is 1. The Bertz CT molecular complexity index is 318. The summed E-state index contributed by atoms with van der Waals surface area (Å²) in [7, 11) is 0. The van der Waals surface area contributed by atoms with Crippen LogP contribution in [0.25, 0.3) is 0 Å². The molecule has 2 atom stereocenters. The van der Waals surface area contributed by atoms with Crippen LogP contribution in [0.1, 0.15) is 52.9 Å². The molecule has 0 aromatic carbocycles. The number of carbonyl (C=O) groups excluding carboxylic acids is 1. The minimum absolute atomic E-state index is 0.0246. The van der Waals surface area contributed by atoms with E-state index in [1.54, 1.807) is 0 Å². The van der Waals surface area contributed by atoms with Gasteiger partial charge < -0.3 is 14.2 Å². The summed E-state index contributed by atoms with van der Waals surface area (Å²) in [6, 6.07) is 0. The fourth-order valence-corrected chi connectivity index (χ4v) is 3.64. The van der Waals surface area contributed by atoms with Gasteiger partial charge in [0, 0.05) is 31.7 Å². The van der Waals surface area contributed by atoms with Crippen LogP contribution in [0.2, 0.25) is 0 Å². The summed E-state index contributed by atoms with van der Waals surface area (Å²) in [5.41, 5.74) is 0.0246.